The van der Waals surface area contributed by atoms with Crippen molar-refractivity contribution in [1.29, 1.82) is 0 Å². The fraction of sp³-hybridized carbons (Fsp3) is 0.333. The normalized spacial score (nSPS) is 19.7. The lowest BCUT2D eigenvalue weighted by Crippen LogP contribution is -2.31. The molecule has 1 fully saturated rings. The van der Waals surface area contributed by atoms with Crippen LogP contribution in [0.25, 0.3) is 5.52 Å². The molecular weight excluding hydrogens is 356 g/mol. The Morgan fingerprint density at radius 3 is 2.81 bits per heavy atom. The number of hydrogen-bond acceptors (Lipinski definition) is 5. The molecule has 2 heterocycles. The van der Waals surface area contributed by atoms with Gasteiger partial charge in [-0.05, 0) is 43.0 Å². The number of aromatic nitrogens is 4. The summed E-state index contributed by atoms with van der Waals surface area (Å²) in [6.45, 7) is -0.218. The Balaban J connectivity index is 1.47. The summed E-state index contributed by atoms with van der Waals surface area (Å²) in [5.41, 5.74) is 1.11. The van der Waals surface area contributed by atoms with Crippen LogP contribution in [0.1, 0.15) is 30.7 Å². The minimum Gasteiger partial charge on any atom is -0.460 e. The molecule has 0 aliphatic heterocycles. The van der Waals surface area contributed by atoms with E-state index in [2.05, 4.69) is 10.2 Å². The van der Waals surface area contributed by atoms with Crippen LogP contribution in [0.5, 0.6) is 0 Å². The Morgan fingerprint density at radius 1 is 1.19 bits per heavy atom. The number of fused-ring (bicyclic) bond motifs is 1. The summed E-state index contributed by atoms with van der Waals surface area (Å²) in [4.78, 5) is 24.7. The van der Waals surface area contributed by atoms with E-state index in [1.807, 2.05) is 24.3 Å². The van der Waals surface area contributed by atoms with Crippen molar-refractivity contribution < 1.29 is 9.53 Å². The van der Waals surface area contributed by atoms with E-state index < -0.39 is 5.97 Å². The van der Waals surface area contributed by atoms with Crippen LogP contribution in [0.4, 0.5) is 0 Å². The zero-order valence-corrected chi connectivity index (χ0v) is 14.7. The predicted molar refractivity (Wildman–Crippen MR) is 95.2 cm³/mol. The molecule has 2 atom stereocenters. The van der Waals surface area contributed by atoms with Crippen LogP contribution < -0.4 is 5.56 Å². The highest BCUT2D eigenvalue weighted by Gasteiger charge is 2.31. The molecule has 134 valence electrons. The van der Waals surface area contributed by atoms with Gasteiger partial charge in [0, 0.05) is 10.9 Å². The van der Waals surface area contributed by atoms with Crippen LogP contribution in [-0.4, -0.2) is 31.5 Å². The SMILES string of the molecule is O=C(Cn1ncn2nccc2c1=O)O[C@H]1CCC[C@H]1c1ccc(Cl)cc1. The van der Waals surface area contributed by atoms with Crippen molar-refractivity contribution in [1.82, 2.24) is 19.4 Å². The topological polar surface area (TPSA) is 78.5 Å². The van der Waals surface area contributed by atoms with E-state index in [1.165, 1.54) is 17.0 Å². The lowest BCUT2D eigenvalue weighted by molar-refractivity contribution is -0.150. The quantitative estimate of drug-likeness (QED) is 0.657. The molecular formula is C18H17ClN4O3. The van der Waals surface area contributed by atoms with E-state index >= 15 is 0 Å². The summed E-state index contributed by atoms with van der Waals surface area (Å²) in [5.74, 6) is -0.312. The lowest BCUT2D eigenvalue weighted by Gasteiger charge is -2.20. The zero-order chi connectivity index (χ0) is 18.1. The van der Waals surface area contributed by atoms with E-state index in [0.29, 0.717) is 10.5 Å². The molecule has 1 aliphatic rings. The number of benzene rings is 1. The van der Waals surface area contributed by atoms with Gasteiger partial charge in [-0.15, -0.1) is 0 Å². The van der Waals surface area contributed by atoms with E-state index in [0.717, 1.165) is 29.5 Å². The highest BCUT2D eigenvalue weighted by molar-refractivity contribution is 6.30. The maximum atomic E-state index is 12.4. The second-order valence-electron chi connectivity index (χ2n) is 6.37. The number of nitrogens with zero attached hydrogens (tertiary/aromatic N) is 4. The van der Waals surface area contributed by atoms with Gasteiger partial charge in [0.2, 0.25) is 0 Å². The minimum absolute atomic E-state index is 0.151. The second-order valence-corrected chi connectivity index (χ2v) is 6.81. The van der Waals surface area contributed by atoms with Gasteiger partial charge in [-0.25, -0.2) is 9.20 Å². The van der Waals surface area contributed by atoms with Crippen LogP contribution in [0, 0.1) is 0 Å². The molecule has 1 aliphatic carbocycles. The molecule has 1 aromatic carbocycles. The van der Waals surface area contributed by atoms with E-state index in [4.69, 9.17) is 16.3 Å². The molecule has 7 nitrogen and oxygen atoms in total. The zero-order valence-electron chi connectivity index (χ0n) is 13.9. The summed E-state index contributed by atoms with van der Waals surface area (Å²) in [6, 6.07) is 9.22. The molecule has 1 saturated carbocycles. The molecule has 26 heavy (non-hydrogen) atoms. The fourth-order valence-electron chi connectivity index (χ4n) is 3.47. The highest BCUT2D eigenvalue weighted by atomic mass is 35.5. The van der Waals surface area contributed by atoms with Gasteiger partial charge in [-0.1, -0.05) is 23.7 Å². The maximum Gasteiger partial charge on any atom is 0.328 e. The van der Waals surface area contributed by atoms with Crippen molar-refractivity contribution in [3.8, 4) is 0 Å². The summed E-state index contributed by atoms with van der Waals surface area (Å²) in [5, 5.41) is 8.60. The number of esters is 1. The van der Waals surface area contributed by atoms with Crippen molar-refractivity contribution in [3.05, 3.63) is 63.8 Å². The van der Waals surface area contributed by atoms with Gasteiger partial charge >= 0.3 is 5.97 Å². The molecule has 0 radical (unpaired) electrons. The van der Waals surface area contributed by atoms with Crippen LogP contribution in [-0.2, 0) is 16.1 Å². The molecule has 0 saturated heterocycles. The van der Waals surface area contributed by atoms with Gasteiger partial charge in [0.15, 0.2) is 0 Å². The highest BCUT2D eigenvalue weighted by Crippen LogP contribution is 2.37. The number of rotatable bonds is 4. The Morgan fingerprint density at radius 2 is 2.00 bits per heavy atom. The van der Waals surface area contributed by atoms with E-state index in [9.17, 15) is 9.59 Å². The van der Waals surface area contributed by atoms with Gasteiger partial charge in [-0.3, -0.25) is 9.59 Å². The molecule has 0 N–H and O–H groups in total. The molecule has 0 bridgehead atoms. The predicted octanol–water partition coefficient (Wildman–Crippen LogP) is 2.42. The second kappa shape index (κ2) is 6.92. The van der Waals surface area contributed by atoms with Crippen LogP contribution >= 0.6 is 11.6 Å². The molecule has 0 amide bonds. The number of carbonyl (C=O) groups is 1. The molecule has 0 spiro atoms. The first-order valence-electron chi connectivity index (χ1n) is 8.46. The van der Waals surface area contributed by atoms with E-state index in [1.54, 1.807) is 6.07 Å². The summed E-state index contributed by atoms with van der Waals surface area (Å²) >= 11 is 5.95. The number of ether oxygens (including phenoxy) is 1. The largest absolute Gasteiger partial charge is 0.460 e. The Kier molecular flexibility index (Phi) is 4.46. The van der Waals surface area contributed by atoms with Crippen molar-refractivity contribution in [2.75, 3.05) is 0 Å². The maximum absolute atomic E-state index is 12.4. The Labute approximate surface area is 154 Å². The third-order valence-electron chi connectivity index (χ3n) is 4.74. The third-order valence-corrected chi connectivity index (χ3v) is 4.99. The van der Waals surface area contributed by atoms with Gasteiger partial charge in [0.05, 0.1) is 6.20 Å². The molecule has 0 unspecified atom stereocenters. The lowest BCUT2D eigenvalue weighted by atomic mass is 9.96. The third kappa shape index (κ3) is 3.22. The first-order chi connectivity index (χ1) is 12.6. The van der Waals surface area contributed by atoms with Crippen molar-refractivity contribution in [3.63, 3.8) is 0 Å². The van der Waals surface area contributed by atoms with Crippen molar-refractivity contribution in [2.45, 2.75) is 37.8 Å². The standard InChI is InChI=1S/C18H17ClN4O3/c19-13-6-4-12(5-7-13)14-2-1-3-16(14)26-17(24)10-22-18(25)15-8-9-20-23(15)11-21-22/h4-9,11,14,16H,1-3,10H2/t14-,16-/m0/s1. The van der Waals surface area contributed by atoms with Crippen molar-refractivity contribution in [2.24, 2.45) is 0 Å². The Bertz CT molecular complexity index is 996. The van der Waals surface area contributed by atoms with Gasteiger partial charge in [0.25, 0.3) is 5.56 Å². The van der Waals surface area contributed by atoms with Gasteiger partial charge < -0.3 is 4.74 Å². The first kappa shape index (κ1) is 16.8. The van der Waals surface area contributed by atoms with Crippen LogP contribution in [0.15, 0.2) is 47.7 Å². The van der Waals surface area contributed by atoms with Gasteiger partial charge in [-0.2, -0.15) is 10.2 Å². The average molecular weight is 373 g/mol. The van der Waals surface area contributed by atoms with Gasteiger partial charge in [0.1, 0.15) is 24.5 Å². The fourth-order valence-corrected chi connectivity index (χ4v) is 3.60. The minimum atomic E-state index is -0.464. The molecule has 2 aromatic heterocycles. The molecule has 3 aromatic rings. The Hall–Kier alpha value is -2.67. The number of carbonyl (C=O) groups excluding carboxylic acids is 1. The number of halogens is 1. The smallest absolute Gasteiger partial charge is 0.328 e. The summed E-state index contributed by atoms with van der Waals surface area (Å²) in [6.07, 6.45) is 5.47. The summed E-state index contributed by atoms with van der Waals surface area (Å²) < 4.78 is 8.14. The van der Waals surface area contributed by atoms with Crippen molar-refractivity contribution >= 4 is 23.1 Å². The average Bonchev–Trinajstić information content (AvgIpc) is 3.28. The van der Waals surface area contributed by atoms with Crippen LogP contribution in [0.3, 0.4) is 0 Å². The van der Waals surface area contributed by atoms with E-state index in [-0.39, 0.29) is 24.1 Å². The first-order valence-corrected chi connectivity index (χ1v) is 8.84. The molecule has 4 rings (SSSR count). The number of hydrogen-bond donors (Lipinski definition) is 0. The van der Waals surface area contributed by atoms with Crippen LogP contribution in [0.2, 0.25) is 5.02 Å². The molecule has 8 heteroatoms. The summed E-state index contributed by atoms with van der Waals surface area (Å²) in [7, 11) is 0. The monoisotopic (exact) mass is 372 g/mol.